The second-order valence-electron chi connectivity index (χ2n) is 8.92. The molecule has 6 rings (SSSR count). The number of carbonyl (C=O) groups is 2. The zero-order valence-corrected chi connectivity index (χ0v) is 15.6. The maximum absolute atomic E-state index is 12.9. The number of fused-ring (bicyclic) bond motifs is 1. The van der Waals surface area contributed by atoms with Gasteiger partial charge in [0.05, 0.1) is 29.9 Å². The SMILES string of the molecule is COC(=O)C12C[C@@H]3C[C@@H](CC(NC(=O)Cn4cnc5ccccc54)(C3)C1)C2. The molecule has 4 aliphatic rings. The Balaban J connectivity index is 1.37. The number of rotatable bonds is 4. The Morgan fingerprint density at radius 2 is 1.96 bits per heavy atom. The highest BCUT2D eigenvalue weighted by atomic mass is 16.5. The van der Waals surface area contributed by atoms with E-state index in [0.29, 0.717) is 11.8 Å². The number of para-hydroxylation sites is 2. The van der Waals surface area contributed by atoms with Gasteiger partial charge in [0.2, 0.25) is 5.91 Å². The molecule has 0 aliphatic heterocycles. The lowest BCUT2D eigenvalue weighted by Gasteiger charge is -2.60. The Morgan fingerprint density at radius 3 is 2.70 bits per heavy atom. The number of carbonyl (C=O) groups excluding carboxylic acids is 2. The molecule has 0 spiro atoms. The van der Waals surface area contributed by atoms with Crippen molar-refractivity contribution >= 4 is 22.9 Å². The minimum absolute atomic E-state index is 0.000110. The van der Waals surface area contributed by atoms with Crippen LogP contribution in [0.4, 0.5) is 0 Å². The number of aromatic nitrogens is 2. The predicted molar refractivity (Wildman–Crippen MR) is 99.7 cm³/mol. The molecule has 2 unspecified atom stereocenters. The Kier molecular flexibility index (Phi) is 3.61. The van der Waals surface area contributed by atoms with Gasteiger partial charge in [0, 0.05) is 5.54 Å². The summed E-state index contributed by atoms with van der Waals surface area (Å²) in [6, 6.07) is 7.83. The number of amides is 1. The van der Waals surface area contributed by atoms with Crippen LogP contribution in [0.2, 0.25) is 0 Å². The van der Waals surface area contributed by atoms with Crippen LogP contribution in [0.25, 0.3) is 11.0 Å². The fourth-order valence-electron chi connectivity index (χ4n) is 6.49. The maximum Gasteiger partial charge on any atom is 0.311 e. The summed E-state index contributed by atoms with van der Waals surface area (Å²) < 4.78 is 7.04. The highest BCUT2D eigenvalue weighted by Crippen LogP contribution is 2.62. The molecule has 4 bridgehead atoms. The summed E-state index contributed by atoms with van der Waals surface area (Å²) in [7, 11) is 1.48. The van der Waals surface area contributed by atoms with Crippen molar-refractivity contribution in [2.24, 2.45) is 17.3 Å². The molecule has 1 aromatic carbocycles. The second kappa shape index (κ2) is 5.81. The van der Waals surface area contributed by atoms with Crippen LogP contribution in [0.5, 0.6) is 0 Å². The lowest BCUT2D eigenvalue weighted by Crippen LogP contribution is -2.65. The third-order valence-corrected chi connectivity index (χ3v) is 6.93. The van der Waals surface area contributed by atoms with Crippen LogP contribution in [0, 0.1) is 17.3 Å². The molecule has 2 aromatic rings. The number of imidazole rings is 1. The highest BCUT2D eigenvalue weighted by Gasteiger charge is 2.61. The molecule has 1 amide bonds. The van der Waals surface area contributed by atoms with Crippen LogP contribution in [-0.2, 0) is 20.9 Å². The van der Waals surface area contributed by atoms with Gasteiger partial charge in [-0.15, -0.1) is 0 Å². The summed E-state index contributed by atoms with van der Waals surface area (Å²) in [6.45, 7) is 0.253. The average Bonchev–Trinajstić information content (AvgIpc) is 3.02. The molecule has 1 aromatic heterocycles. The number of ether oxygens (including phenoxy) is 1. The summed E-state index contributed by atoms with van der Waals surface area (Å²) in [6.07, 6.45) is 7.43. The van der Waals surface area contributed by atoms with Gasteiger partial charge in [-0.05, 0) is 62.5 Å². The normalized spacial score (nSPS) is 34.0. The van der Waals surface area contributed by atoms with E-state index in [2.05, 4.69) is 10.3 Å². The van der Waals surface area contributed by atoms with E-state index in [1.807, 2.05) is 28.8 Å². The van der Waals surface area contributed by atoms with Gasteiger partial charge in [-0.25, -0.2) is 4.98 Å². The van der Waals surface area contributed by atoms with Crippen molar-refractivity contribution < 1.29 is 14.3 Å². The molecular weight excluding hydrogens is 342 g/mol. The fraction of sp³-hybridized carbons (Fsp3) is 0.571. The third kappa shape index (κ3) is 2.65. The van der Waals surface area contributed by atoms with E-state index in [1.165, 1.54) is 13.5 Å². The lowest BCUT2D eigenvalue weighted by molar-refractivity contribution is -0.173. The molecule has 4 fully saturated rings. The van der Waals surface area contributed by atoms with E-state index in [4.69, 9.17) is 4.74 Å². The molecule has 6 heteroatoms. The van der Waals surface area contributed by atoms with Gasteiger partial charge in [-0.1, -0.05) is 12.1 Å². The van der Waals surface area contributed by atoms with Gasteiger partial charge < -0.3 is 14.6 Å². The van der Waals surface area contributed by atoms with Crippen LogP contribution in [0.15, 0.2) is 30.6 Å². The molecule has 4 saturated carbocycles. The van der Waals surface area contributed by atoms with Crippen LogP contribution in [0.3, 0.4) is 0 Å². The summed E-state index contributed by atoms with van der Waals surface area (Å²) in [5, 5.41) is 3.34. The molecule has 4 aliphatic carbocycles. The van der Waals surface area contributed by atoms with Gasteiger partial charge in [0.1, 0.15) is 6.54 Å². The van der Waals surface area contributed by atoms with E-state index in [9.17, 15) is 9.59 Å². The van der Waals surface area contributed by atoms with Crippen LogP contribution in [0.1, 0.15) is 38.5 Å². The summed E-state index contributed by atoms with van der Waals surface area (Å²) in [4.78, 5) is 29.8. The molecule has 6 nitrogen and oxygen atoms in total. The van der Waals surface area contributed by atoms with E-state index >= 15 is 0 Å². The first-order chi connectivity index (χ1) is 13.0. The molecule has 27 heavy (non-hydrogen) atoms. The van der Waals surface area contributed by atoms with Crippen molar-refractivity contribution in [2.45, 2.75) is 50.6 Å². The Hall–Kier alpha value is -2.37. The number of methoxy groups -OCH3 is 1. The first kappa shape index (κ1) is 16.8. The quantitative estimate of drug-likeness (QED) is 0.843. The van der Waals surface area contributed by atoms with Gasteiger partial charge >= 0.3 is 5.97 Å². The Morgan fingerprint density at radius 1 is 1.22 bits per heavy atom. The number of nitrogens with zero attached hydrogens (tertiary/aromatic N) is 2. The van der Waals surface area contributed by atoms with Gasteiger partial charge in [0.15, 0.2) is 0 Å². The molecule has 1 N–H and O–H groups in total. The summed E-state index contributed by atoms with van der Waals surface area (Å²) in [5.74, 6) is 0.940. The van der Waals surface area contributed by atoms with Gasteiger partial charge in [-0.2, -0.15) is 0 Å². The monoisotopic (exact) mass is 367 g/mol. The largest absolute Gasteiger partial charge is 0.469 e. The minimum Gasteiger partial charge on any atom is -0.469 e. The highest BCUT2D eigenvalue weighted by molar-refractivity contribution is 5.82. The molecule has 1 heterocycles. The molecule has 0 saturated heterocycles. The topological polar surface area (TPSA) is 73.2 Å². The average molecular weight is 367 g/mol. The first-order valence-electron chi connectivity index (χ1n) is 9.80. The van der Waals surface area contributed by atoms with Gasteiger partial charge in [-0.3, -0.25) is 9.59 Å². The smallest absolute Gasteiger partial charge is 0.311 e. The summed E-state index contributed by atoms with van der Waals surface area (Å²) in [5.41, 5.74) is 1.20. The third-order valence-electron chi connectivity index (χ3n) is 6.93. The van der Waals surface area contributed by atoms with Crippen molar-refractivity contribution in [2.75, 3.05) is 7.11 Å². The van der Waals surface area contributed by atoms with E-state index < -0.39 is 5.41 Å². The predicted octanol–water partition coefficient (Wildman–Crippen LogP) is 2.66. The Labute approximate surface area is 158 Å². The van der Waals surface area contributed by atoms with Crippen LogP contribution < -0.4 is 5.32 Å². The molecule has 0 radical (unpaired) electrons. The zero-order valence-electron chi connectivity index (χ0n) is 15.6. The second-order valence-corrected chi connectivity index (χ2v) is 8.92. The van der Waals surface area contributed by atoms with Crippen molar-refractivity contribution in [1.82, 2.24) is 14.9 Å². The number of hydrogen-bond acceptors (Lipinski definition) is 4. The molecular formula is C21H25N3O3. The van der Waals surface area contributed by atoms with E-state index in [1.54, 1.807) is 6.33 Å². The maximum atomic E-state index is 12.9. The zero-order chi connectivity index (χ0) is 18.6. The number of hydrogen-bond donors (Lipinski definition) is 1. The first-order valence-corrected chi connectivity index (χ1v) is 9.80. The van der Waals surface area contributed by atoms with Crippen molar-refractivity contribution in [1.29, 1.82) is 0 Å². The fourth-order valence-corrected chi connectivity index (χ4v) is 6.49. The van der Waals surface area contributed by atoms with Crippen molar-refractivity contribution in [3.8, 4) is 0 Å². The lowest BCUT2D eigenvalue weighted by atomic mass is 9.47. The van der Waals surface area contributed by atoms with Crippen LogP contribution >= 0.6 is 0 Å². The number of benzene rings is 1. The molecule has 142 valence electrons. The van der Waals surface area contributed by atoms with Gasteiger partial charge in [0.25, 0.3) is 0 Å². The number of esters is 1. The van der Waals surface area contributed by atoms with E-state index in [0.717, 1.165) is 43.1 Å². The minimum atomic E-state index is -0.395. The molecule has 4 atom stereocenters. The van der Waals surface area contributed by atoms with E-state index in [-0.39, 0.29) is 24.0 Å². The van der Waals surface area contributed by atoms with Crippen LogP contribution in [-0.4, -0.2) is 34.1 Å². The number of nitrogens with one attached hydrogen (secondary N) is 1. The standard InChI is InChI=1S/C21H25N3O3/c1-27-19(26)20-7-14-6-15(8-20)10-21(9-14,12-20)23-18(25)11-24-13-22-16-4-2-3-5-17(16)24/h2-5,13-15H,6-12H2,1H3,(H,23,25)/t14-,15+,20?,21?. The Bertz CT molecular complexity index is 904. The van der Waals surface area contributed by atoms with Crippen molar-refractivity contribution in [3.63, 3.8) is 0 Å². The summed E-state index contributed by atoms with van der Waals surface area (Å²) >= 11 is 0. The van der Waals surface area contributed by atoms with Crippen molar-refractivity contribution in [3.05, 3.63) is 30.6 Å².